The zero-order valence-electron chi connectivity index (χ0n) is 28.1. The lowest BCUT2D eigenvalue weighted by Gasteiger charge is -2.19. The smallest absolute Gasteiger partial charge is 0.320 e. The minimum atomic E-state index is -0.793. The molecule has 1 amide bonds. The number of aryl methyl sites for hydroxylation is 1. The number of carbonyl (C=O) groups is 2. The van der Waals surface area contributed by atoms with E-state index in [4.69, 9.17) is 37.9 Å². The third-order valence-electron chi connectivity index (χ3n) is 9.44. The highest BCUT2D eigenvalue weighted by atomic mass is 35.5. The Morgan fingerprint density at radius 2 is 1.88 bits per heavy atom. The number of pyridine rings is 2. The van der Waals surface area contributed by atoms with E-state index in [0.29, 0.717) is 71.1 Å². The summed E-state index contributed by atoms with van der Waals surface area (Å²) in [5, 5.41) is 21.2. The summed E-state index contributed by atoms with van der Waals surface area (Å²) in [6.07, 6.45) is 4.62. The van der Waals surface area contributed by atoms with Crippen molar-refractivity contribution in [2.24, 2.45) is 0 Å². The number of aliphatic carboxylic acids is 1. The molecule has 2 saturated heterocycles. The predicted octanol–water partition coefficient (Wildman–Crippen LogP) is 7.20. The van der Waals surface area contributed by atoms with E-state index in [2.05, 4.69) is 20.9 Å². The van der Waals surface area contributed by atoms with Gasteiger partial charge in [0.25, 0.3) is 0 Å². The van der Waals surface area contributed by atoms with Gasteiger partial charge in [0.1, 0.15) is 16.6 Å². The number of carboxylic acids is 1. The molecule has 2 fully saturated rings. The maximum atomic E-state index is 11.7. The van der Waals surface area contributed by atoms with E-state index in [-0.39, 0.29) is 11.9 Å². The molecule has 5 heterocycles. The number of methoxy groups -OCH3 is 1. The van der Waals surface area contributed by atoms with E-state index in [9.17, 15) is 14.7 Å². The van der Waals surface area contributed by atoms with Crippen LogP contribution in [0.5, 0.6) is 5.88 Å². The van der Waals surface area contributed by atoms with Gasteiger partial charge in [0, 0.05) is 54.0 Å². The van der Waals surface area contributed by atoms with Crippen LogP contribution in [-0.2, 0) is 22.7 Å². The number of carboxylic acid groups (broad SMARTS) is 1. The number of hydrogen-bond acceptors (Lipinski definition) is 10. The molecule has 5 aromatic rings. The monoisotopic (exact) mass is 745 g/mol. The molecule has 11 nitrogen and oxygen atoms in total. The predicted molar refractivity (Wildman–Crippen MR) is 201 cm³/mol. The Bertz CT molecular complexity index is 2130. The molecule has 4 N–H and O–H groups in total. The van der Waals surface area contributed by atoms with Crippen LogP contribution in [0.1, 0.15) is 41.8 Å². The fourth-order valence-electron chi connectivity index (χ4n) is 6.82. The molecular weight excluding hydrogens is 709 g/mol. The number of nitrogens with zero attached hydrogens (tertiary/aromatic N) is 4. The van der Waals surface area contributed by atoms with Crippen LogP contribution >= 0.6 is 34.5 Å². The second-order valence-corrected chi connectivity index (χ2v) is 14.7. The number of nitrogens with one attached hydrogen (secondary N) is 3. The van der Waals surface area contributed by atoms with Crippen LogP contribution in [0.3, 0.4) is 0 Å². The number of aromatic nitrogens is 3. The van der Waals surface area contributed by atoms with Crippen molar-refractivity contribution in [3.63, 3.8) is 0 Å². The number of benzene rings is 2. The highest BCUT2D eigenvalue weighted by Crippen LogP contribution is 2.43. The van der Waals surface area contributed by atoms with E-state index in [1.807, 2.05) is 60.4 Å². The lowest BCUT2D eigenvalue weighted by molar-refractivity contribution is -0.142. The first-order valence-electron chi connectivity index (χ1n) is 16.8. The van der Waals surface area contributed by atoms with Crippen LogP contribution in [-0.4, -0.2) is 69.1 Å². The molecule has 51 heavy (non-hydrogen) atoms. The summed E-state index contributed by atoms with van der Waals surface area (Å²) in [5.74, 6) is 0.363. The Kier molecular flexibility index (Phi) is 10.4. The number of halogens is 2. The highest BCUT2D eigenvalue weighted by molar-refractivity contribution is 7.18. The Morgan fingerprint density at radius 1 is 1.10 bits per heavy atom. The van der Waals surface area contributed by atoms with Gasteiger partial charge in [-0.05, 0) is 56.5 Å². The Labute approximate surface area is 309 Å². The molecule has 2 aliphatic rings. The highest BCUT2D eigenvalue weighted by Gasteiger charge is 2.31. The zero-order chi connectivity index (χ0) is 35.6. The molecule has 2 aromatic carbocycles. The Hall–Kier alpha value is -4.33. The SMILES string of the molecule is COc1nc(-c2cccc(-c3cccc(Nc4nccc5sc(CN6CCC[C@@H]6C(=O)O)nc45)c3Cl)c2Cl)cc(C)c1CNCC1CCC(=O)N1. The van der Waals surface area contributed by atoms with Crippen LogP contribution in [0.4, 0.5) is 11.5 Å². The van der Waals surface area contributed by atoms with Gasteiger partial charge in [-0.15, -0.1) is 11.3 Å². The summed E-state index contributed by atoms with van der Waals surface area (Å²) in [6, 6.07) is 15.0. The van der Waals surface area contributed by atoms with E-state index in [1.54, 1.807) is 13.3 Å². The van der Waals surface area contributed by atoms with Gasteiger partial charge in [-0.25, -0.2) is 15.0 Å². The zero-order valence-corrected chi connectivity index (χ0v) is 30.5. The fraction of sp³-hybridized carbons (Fsp3) is 0.324. The summed E-state index contributed by atoms with van der Waals surface area (Å²) >= 11 is 15.7. The number of fused-ring (bicyclic) bond motifs is 1. The van der Waals surface area contributed by atoms with Gasteiger partial charge < -0.3 is 25.8 Å². The van der Waals surface area contributed by atoms with Crippen molar-refractivity contribution in [2.45, 2.75) is 57.8 Å². The largest absolute Gasteiger partial charge is 0.481 e. The quantitative estimate of drug-likeness (QED) is 0.104. The van der Waals surface area contributed by atoms with Crippen molar-refractivity contribution >= 4 is 68.1 Å². The number of ether oxygens (including phenoxy) is 1. The van der Waals surface area contributed by atoms with Gasteiger partial charge in [0.05, 0.1) is 39.8 Å². The minimum Gasteiger partial charge on any atom is -0.481 e. The summed E-state index contributed by atoms with van der Waals surface area (Å²) < 4.78 is 6.67. The fourth-order valence-corrected chi connectivity index (χ4v) is 8.41. The van der Waals surface area contributed by atoms with Gasteiger partial charge in [-0.1, -0.05) is 53.5 Å². The molecule has 2 aliphatic heterocycles. The van der Waals surface area contributed by atoms with E-state index >= 15 is 0 Å². The standard InChI is InChI=1S/C37H37Cl2N7O4S/c1-20-16-27(44-36(50-2)25(20)18-40-17-21-11-12-30(47)42-21)24-8-3-6-22(32(24)38)23-7-4-9-26(33(23)39)43-35-34-29(13-14-41-35)51-31(45-34)19-46-15-5-10-28(46)37(48)49/h3-4,6-9,13-14,16,21,28,40H,5,10-12,15,17-19H2,1-2H3,(H,41,43)(H,42,47)(H,48,49)/t21?,28-/m1/s1. The molecule has 0 aliphatic carbocycles. The van der Waals surface area contributed by atoms with Crippen molar-refractivity contribution in [1.29, 1.82) is 0 Å². The Morgan fingerprint density at radius 3 is 2.65 bits per heavy atom. The molecule has 264 valence electrons. The molecule has 3 aromatic heterocycles. The number of hydrogen-bond donors (Lipinski definition) is 4. The molecule has 14 heteroatoms. The first-order chi connectivity index (χ1) is 24.7. The lowest BCUT2D eigenvalue weighted by atomic mass is 9.99. The molecular formula is C37H37Cl2N7O4S. The minimum absolute atomic E-state index is 0.0943. The number of rotatable bonds is 12. The molecule has 7 rings (SSSR count). The van der Waals surface area contributed by atoms with Crippen LogP contribution in [0.2, 0.25) is 10.0 Å². The first kappa shape index (κ1) is 35.1. The van der Waals surface area contributed by atoms with Crippen LogP contribution in [0.15, 0.2) is 54.7 Å². The second kappa shape index (κ2) is 15.1. The van der Waals surface area contributed by atoms with Gasteiger partial charge in [0.2, 0.25) is 11.8 Å². The van der Waals surface area contributed by atoms with E-state index < -0.39 is 12.0 Å². The van der Waals surface area contributed by atoms with Crippen LogP contribution in [0.25, 0.3) is 32.6 Å². The average molecular weight is 747 g/mol. The third-order valence-corrected chi connectivity index (χ3v) is 11.3. The second-order valence-electron chi connectivity index (χ2n) is 12.8. The lowest BCUT2D eigenvalue weighted by Crippen LogP contribution is -2.35. The molecule has 0 bridgehead atoms. The molecule has 0 saturated carbocycles. The van der Waals surface area contributed by atoms with Gasteiger partial charge in [-0.3, -0.25) is 14.5 Å². The summed E-state index contributed by atoms with van der Waals surface area (Å²) in [6.45, 7) is 4.44. The summed E-state index contributed by atoms with van der Waals surface area (Å²) in [4.78, 5) is 39.5. The number of carbonyl (C=O) groups excluding carboxylic acids is 1. The van der Waals surface area contributed by atoms with Crippen LogP contribution < -0.4 is 20.7 Å². The number of thiazole rings is 1. The van der Waals surface area contributed by atoms with Gasteiger partial charge in [0.15, 0.2) is 5.82 Å². The van der Waals surface area contributed by atoms with E-state index in [1.165, 1.54) is 11.3 Å². The van der Waals surface area contributed by atoms with Crippen molar-refractivity contribution in [3.8, 4) is 28.3 Å². The van der Waals surface area contributed by atoms with Crippen LogP contribution in [0, 0.1) is 6.92 Å². The van der Waals surface area contributed by atoms with Gasteiger partial charge >= 0.3 is 5.97 Å². The normalized spacial score (nSPS) is 17.6. The Balaban J connectivity index is 1.13. The van der Waals surface area contributed by atoms with Crippen molar-refractivity contribution < 1.29 is 19.4 Å². The average Bonchev–Trinajstić information content (AvgIpc) is 3.87. The van der Waals surface area contributed by atoms with Gasteiger partial charge in [-0.2, -0.15) is 0 Å². The summed E-state index contributed by atoms with van der Waals surface area (Å²) in [5.41, 5.74) is 6.17. The third kappa shape index (κ3) is 7.38. The first-order valence-corrected chi connectivity index (χ1v) is 18.4. The maximum absolute atomic E-state index is 11.7. The topological polar surface area (TPSA) is 142 Å². The van der Waals surface area contributed by atoms with Crippen molar-refractivity contribution in [3.05, 3.63) is 80.9 Å². The molecule has 1 unspecified atom stereocenters. The maximum Gasteiger partial charge on any atom is 0.320 e. The molecule has 2 atom stereocenters. The van der Waals surface area contributed by atoms with Crippen molar-refractivity contribution in [2.75, 3.05) is 25.5 Å². The molecule has 0 spiro atoms. The number of likely N-dealkylation sites (tertiary alicyclic amines) is 1. The summed E-state index contributed by atoms with van der Waals surface area (Å²) in [7, 11) is 1.60. The number of anilines is 2. The van der Waals surface area contributed by atoms with Crippen molar-refractivity contribution in [1.82, 2.24) is 30.5 Å². The number of amides is 1. The van der Waals surface area contributed by atoms with E-state index in [0.717, 1.165) is 56.9 Å². The molecule has 0 radical (unpaired) electrons.